The number of amides is 2. The second-order valence-corrected chi connectivity index (χ2v) is 28.3. The van der Waals surface area contributed by atoms with Crippen molar-refractivity contribution in [2.75, 3.05) is 89.1 Å². The third-order valence-corrected chi connectivity index (χ3v) is 24.6. The number of ether oxygens (including phenoxy) is 5. The van der Waals surface area contributed by atoms with Crippen LogP contribution in [0.2, 0.25) is 0 Å². The van der Waals surface area contributed by atoms with E-state index in [9.17, 15) is 19.2 Å². The highest BCUT2D eigenvalue weighted by Crippen LogP contribution is 2.48. The van der Waals surface area contributed by atoms with Gasteiger partial charge in [0.1, 0.15) is 52.8 Å². The summed E-state index contributed by atoms with van der Waals surface area (Å²) in [4.78, 5) is 70.1. The van der Waals surface area contributed by atoms with Gasteiger partial charge in [-0.15, -0.1) is 0 Å². The van der Waals surface area contributed by atoms with Crippen LogP contribution in [0.15, 0.2) is 230 Å². The highest BCUT2D eigenvalue weighted by atomic mass is 79.9. The van der Waals surface area contributed by atoms with Crippen LogP contribution in [0.3, 0.4) is 0 Å². The normalized spacial score (nSPS) is 12.7. The second-order valence-electron chi connectivity index (χ2n) is 22.0. The molecular weight excluding hydrogens is 1790 g/mol. The zero-order valence-electron chi connectivity index (χ0n) is 52.2. The number of nitrogens with zero attached hydrogens (tertiary/aromatic N) is 6. The van der Waals surface area contributed by atoms with Gasteiger partial charge in [-0.2, -0.15) is 0 Å². The Labute approximate surface area is 639 Å². The predicted molar refractivity (Wildman–Crippen MR) is 421 cm³/mol. The molecule has 508 valence electrons. The summed E-state index contributed by atoms with van der Waals surface area (Å²) >= 11 is 27.0. The first-order chi connectivity index (χ1) is 47.0. The fraction of sp³-hybridized carbons (Fsp3) is 0.110. The first-order valence-corrected chi connectivity index (χ1v) is 35.6. The molecule has 3 aliphatic rings. The molecule has 18 nitrogen and oxygen atoms in total. The molecule has 26 heteroatoms. The van der Waals surface area contributed by atoms with E-state index < -0.39 is 23.8 Å². The number of carbonyl (C=O) groups is 5. The monoisotopic (exact) mass is 1840 g/mol. The summed E-state index contributed by atoms with van der Waals surface area (Å²) in [5, 5.41) is 0. The molecule has 0 spiro atoms. The Morgan fingerprint density at radius 3 is 0.788 bits per heavy atom. The molecule has 1 fully saturated rings. The number of anilines is 8. The van der Waals surface area contributed by atoms with Gasteiger partial charge in [0.15, 0.2) is 0 Å². The average Bonchev–Trinajstić information content (AvgIpc) is 1.61. The van der Waals surface area contributed by atoms with Crippen molar-refractivity contribution in [1.29, 1.82) is 0 Å². The Bertz CT molecular complexity index is 4340. The number of hydrogen-bond acceptors (Lipinski definition) is 17. The lowest BCUT2D eigenvalue weighted by atomic mass is 10.1. The quantitative estimate of drug-likeness (QED) is 0.0259. The van der Waals surface area contributed by atoms with Gasteiger partial charge in [-0.1, -0.05) is 7.43 Å². The van der Waals surface area contributed by atoms with E-state index in [-0.39, 0.29) is 29.7 Å². The minimum Gasteiger partial charge on any atom is -0.457 e. The Balaban J connectivity index is 0.000000282. The summed E-state index contributed by atoms with van der Waals surface area (Å²) in [5.41, 5.74) is 19.4. The summed E-state index contributed by atoms with van der Waals surface area (Å²) in [6, 6.07) is 61.8. The van der Waals surface area contributed by atoms with Gasteiger partial charge in [-0.3, -0.25) is 9.59 Å². The fourth-order valence-corrected chi connectivity index (χ4v) is 15.0. The van der Waals surface area contributed by atoms with Crippen molar-refractivity contribution >= 4 is 203 Å². The van der Waals surface area contributed by atoms with Crippen LogP contribution in [-0.2, 0) is 9.53 Å². The number of nitrogens with two attached hydrogens (primary N) is 2. The lowest BCUT2D eigenvalue weighted by molar-refractivity contribution is -0.0980. The molecule has 3 aliphatic heterocycles. The third-order valence-electron chi connectivity index (χ3n) is 15.1. The number of hydrogen-bond donors (Lipinski definition) is 2. The Morgan fingerprint density at radius 1 is 0.333 bits per heavy atom. The van der Waals surface area contributed by atoms with Gasteiger partial charge < -0.3 is 64.4 Å². The Morgan fingerprint density at radius 2 is 0.545 bits per heavy atom. The highest BCUT2D eigenvalue weighted by molar-refractivity contribution is 9.15. The molecule has 0 saturated carbocycles. The summed E-state index contributed by atoms with van der Waals surface area (Å²) in [6.45, 7) is 3.91. The molecule has 13 rings (SSSR count). The molecule has 0 aliphatic carbocycles. The van der Waals surface area contributed by atoms with Gasteiger partial charge in [-0.05, 0) is 322 Å². The second kappa shape index (κ2) is 33.3. The van der Waals surface area contributed by atoms with Crippen LogP contribution in [0.4, 0.5) is 45.5 Å². The Hall–Kier alpha value is -8.21. The van der Waals surface area contributed by atoms with Crippen molar-refractivity contribution in [3.05, 3.63) is 252 Å². The molecule has 10 aromatic carbocycles. The topological polar surface area (TPSA) is 203 Å². The first kappa shape index (κ1) is 75.0. The van der Waals surface area contributed by atoms with Gasteiger partial charge in [0, 0.05) is 104 Å². The van der Waals surface area contributed by atoms with E-state index >= 15 is 0 Å². The zero-order chi connectivity index (χ0) is 70.2. The lowest BCUT2D eigenvalue weighted by Crippen LogP contribution is -2.55. The fourth-order valence-electron chi connectivity index (χ4n) is 10.1. The smallest absolute Gasteiger partial charge is 0.348 e. The van der Waals surface area contributed by atoms with Crippen molar-refractivity contribution in [1.82, 2.24) is 0 Å². The SMILES string of the molecule is C.C=O.CN(C)c1ccc(Oc2ccc(N3CN(c4ccc(Oc5ccc(N(C)C)cc5)cc4)CN(c4ccc(Oc5ccc(N6C(=O)c7c(Br)c(Br)c(Br)c(Br)c7C6=O)cc5)cc4)C3)cc2)cc1.Nc1ccc(Oc2ccc(N)cc2)cc1.O=C1OC(=O)c2c(Br)c(Br)c(Br)c(Br)c21. The van der Waals surface area contributed by atoms with Gasteiger partial charge in [0.25, 0.3) is 11.8 Å². The first-order valence-electron chi connectivity index (χ1n) is 29.3. The summed E-state index contributed by atoms with van der Waals surface area (Å²) in [7, 11) is 8.07. The highest BCUT2D eigenvalue weighted by Gasteiger charge is 2.42. The average molecular weight is 1850 g/mol. The van der Waals surface area contributed by atoms with E-state index in [4.69, 9.17) is 35.2 Å². The molecule has 99 heavy (non-hydrogen) atoms. The predicted octanol–water partition coefficient (Wildman–Crippen LogP) is 20.9. The molecule has 0 bridgehead atoms. The van der Waals surface area contributed by atoms with Crippen LogP contribution in [-0.4, -0.2) is 78.7 Å². The number of esters is 2. The number of cyclic esters (lactones) is 2. The minimum absolute atomic E-state index is 0. The van der Waals surface area contributed by atoms with Crippen LogP contribution in [0.25, 0.3) is 0 Å². The molecular formula is C73H60Br8N8O10. The van der Waals surface area contributed by atoms with E-state index in [1.807, 2.05) is 156 Å². The van der Waals surface area contributed by atoms with Crippen molar-refractivity contribution in [2.45, 2.75) is 7.43 Å². The van der Waals surface area contributed by atoms with Gasteiger partial charge in [0.05, 0.1) is 47.9 Å². The molecule has 0 atom stereocenters. The maximum absolute atomic E-state index is 13.5. The molecule has 0 unspecified atom stereocenters. The molecule has 4 N–H and O–H groups in total. The number of imide groups is 1. The van der Waals surface area contributed by atoms with Crippen LogP contribution in [0.5, 0.6) is 46.0 Å². The molecule has 2 amide bonds. The van der Waals surface area contributed by atoms with E-state index in [1.165, 1.54) is 4.90 Å². The maximum atomic E-state index is 13.5. The van der Waals surface area contributed by atoms with Crippen LogP contribution < -0.4 is 59.8 Å². The number of benzene rings is 10. The Kier molecular flexibility index (Phi) is 25.2. The minimum atomic E-state index is -0.643. The van der Waals surface area contributed by atoms with E-state index in [1.54, 1.807) is 48.5 Å². The number of carbonyl (C=O) groups excluding carboxylic acids is 5. The van der Waals surface area contributed by atoms with Crippen molar-refractivity contribution < 1.29 is 47.7 Å². The van der Waals surface area contributed by atoms with Crippen molar-refractivity contribution in [3.63, 3.8) is 0 Å². The van der Waals surface area contributed by atoms with E-state index in [0.29, 0.717) is 73.0 Å². The van der Waals surface area contributed by atoms with Crippen LogP contribution in [0.1, 0.15) is 48.9 Å². The van der Waals surface area contributed by atoms with Crippen LogP contribution in [0, 0.1) is 0 Å². The maximum Gasteiger partial charge on any atom is 0.348 e. The van der Waals surface area contributed by atoms with Crippen molar-refractivity contribution in [2.24, 2.45) is 0 Å². The van der Waals surface area contributed by atoms with Crippen molar-refractivity contribution in [3.8, 4) is 46.0 Å². The molecule has 3 heterocycles. The number of halogens is 8. The molecule has 10 aromatic rings. The third kappa shape index (κ3) is 17.3. The van der Waals surface area contributed by atoms with Crippen LogP contribution >= 0.6 is 127 Å². The summed E-state index contributed by atoms with van der Waals surface area (Å²) in [6.07, 6.45) is 0. The summed E-state index contributed by atoms with van der Waals surface area (Å²) < 4.78 is 33.4. The standard InChI is InChI=1S/C51H42Br4N6O5.C12H12N2O.C8Br4O3.CH2O.CH4/c1-56(2)32-5-17-38(18-6-32)64-40-21-9-34(10-22-40)58-29-59(35-11-23-41(24-12-35)65-39-19-7-33(8-20-39)57(3)4)31-60(30-58)36-13-25-42(26-14-36)66-43-27-15-37(16-28-43)61-50(62)44-45(51(61)63)47(53)49(55)48(54)46(44)52;13-9-1-5-11(6-2-9)15-12-7-3-10(14)4-8-12;9-3-1-2(8(14)15-7(1)13)4(10)6(12)5(3)11;1-2;/h5-28H,29-31H2,1-4H3;1-8H,13-14H2;;1H2;1H4. The number of nitrogen functional groups attached to an aromatic ring is 2. The van der Waals surface area contributed by atoms with Gasteiger partial charge in [0.2, 0.25) is 0 Å². The zero-order valence-corrected chi connectivity index (χ0v) is 64.9. The number of rotatable bonds is 14. The van der Waals surface area contributed by atoms with E-state index in [0.717, 1.165) is 74.3 Å². The number of fused-ring (bicyclic) bond motifs is 2. The largest absolute Gasteiger partial charge is 0.457 e. The van der Waals surface area contributed by atoms with Gasteiger partial charge in [-0.25, -0.2) is 14.5 Å². The summed E-state index contributed by atoms with van der Waals surface area (Å²) in [5.74, 6) is 3.65. The molecule has 0 aromatic heterocycles. The lowest BCUT2D eigenvalue weighted by Gasteiger charge is -2.45. The van der Waals surface area contributed by atoms with Gasteiger partial charge >= 0.3 is 11.9 Å². The molecule has 0 radical (unpaired) electrons. The van der Waals surface area contributed by atoms with E-state index in [2.05, 4.69) is 181 Å². The molecule has 1 saturated heterocycles.